The minimum absolute atomic E-state index is 0.942. The fourth-order valence-corrected chi connectivity index (χ4v) is 1.58. The molecule has 0 aromatic heterocycles. The molecule has 6 nitrogen and oxygen atoms in total. The van der Waals surface area contributed by atoms with Crippen LogP contribution in [-0.4, -0.2) is 49.5 Å². The highest BCUT2D eigenvalue weighted by Gasteiger charge is 2.04. The first-order valence-electron chi connectivity index (χ1n) is 6.77. The van der Waals surface area contributed by atoms with Crippen molar-refractivity contribution in [3.63, 3.8) is 0 Å². The summed E-state index contributed by atoms with van der Waals surface area (Å²) in [5, 5.41) is 4.13. The van der Waals surface area contributed by atoms with Crippen LogP contribution in [0, 0.1) is 0 Å². The third-order valence-corrected chi connectivity index (χ3v) is 2.16. The van der Waals surface area contributed by atoms with Gasteiger partial charge in [0.05, 0.1) is 0 Å². The topological polar surface area (TPSA) is 54.6 Å². The van der Waals surface area contributed by atoms with Gasteiger partial charge in [-0.15, -0.1) is 0 Å². The second-order valence-corrected chi connectivity index (χ2v) is 3.70. The summed E-state index contributed by atoms with van der Waals surface area (Å²) in [7, 11) is 0. The Morgan fingerprint density at radius 2 is 0.882 bits per heavy atom. The maximum atomic E-state index is 3.28. The highest BCUT2D eigenvalue weighted by Crippen LogP contribution is 1.87. The van der Waals surface area contributed by atoms with Crippen LogP contribution in [0.4, 0.5) is 0 Å². The van der Waals surface area contributed by atoms with Gasteiger partial charge >= 0.3 is 0 Å². The summed E-state index contributed by atoms with van der Waals surface area (Å²) in [6.07, 6.45) is 1.08. The van der Waals surface area contributed by atoms with Crippen molar-refractivity contribution in [1.29, 1.82) is 0 Å². The lowest BCUT2D eigenvalue weighted by molar-refractivity contribution is 0.0837. The normalized spacial score (nSPS) is 11.6. The number of rotatable bonds is 12. The molecule has 0 fully saturated rings. The summed E-state index contributed by atoms with van der Waals surface area (Å²) in [6, 6.07) is 0. The van der Waals surface area contributed by atoms with Gasteiger partial charge in [-0.1, -0.05) is 27.7 Å². The smallest absolute Gasteiger partial charge is 0.0301 e. The lowest BCUT2D eigenvalue weighted by atomic mass is 10.4. The van der Waals surface area contributed by atoms with E-state index in [-0.39, 0.29) is 0 Å². The fraction of sp³-hybridized carbons (Fsp3) is 1.00. The molecular weight excluding hydrogens is 216 g/mol. The lowest BCUT2D eigenvalue weighted by Crippen LogP contribution is -2.51. The van der Waals surface area contributed by atoms with Gasteiger partial charge in [0.15, 0.2) is 0 Å². The standard InChI is InChI=1S/C11H30N6/c1-5-12-16(13-6-2)10-9-11-17(14-7-3)15-8-4/h12-15H,5-11H2,1-4H3. The predicted octanol–water partition coefficient (Wildman–Crippen LogP) is 0.0785. The summed E-state index contributed by atoms with van der Waals surface area (Å²) < 4.78 is 0. The molecule has 0 rings (SSSR count). The Morgan fingerprint density at radius 3 is 1.12 bits per heavy atom. The zero-order chi connectivity index (χ0) is 12.9. The molecular formula is C11H30N6. The van der Waals surface area contributed by atoms with E-state index in [1.807, 2.05) is 0 Å². The second-order valence-electron chi connectivity index (χ2n) is 3.70. The van der Waals surface area contributed by atoms with Crippen LogP contribution in [0.1, 0.15) is 34.1 Å². The van der Waals surface area contributed by atoms with Crippen molar-refractivity contribution >= 4 is 0 Å². The van der Waals surface area contributed by atoms with Crippen LogP contribution in [0.15, 0.2) is 0 Å². The van der Waals surface area contributed by atoms with Crippen LogP contribution in [0.5, 0.6) is 0 Å². The molecule has 0 saturated heterocycles. The summed E-state index contributed by atoms with van der Waals surface area (Å²) in [5.41, 5.74) is 13.1. The molecule has 0 aliphatic carbocycles. The Morgan fingerprint density at radius 1 is 0.588 bits per heavy atom. The van der Waals surface area contributed by atoms with Crippen LogP contribution >= 0.6 is 0 Å². The quantitative estimate of drug-likeness (QED) is 0.366. The SMILES string of the molecule is CCNN(CCCN(NCC)NCC)NCC. The first-order valence-corrected chi connectivity index (χ1v) is 6.77. The Hall–Kier alpha value is -0.240. The fourth-order valence-electron chi connectivity index (χ4n) is 1.58. The summed E-state index contributed by atoms with van der Waals surface area (Å²) in [4.78, 5) is 0. The number of nitrogens with one attached hydrogen (secondary N) is 4. The van der Waals surface area contributed by atoms with Crippen LogP contribution in [0.25, 0.3) is 0 Å². The van der Waals surface area contributed by atoms with E-state index in [4.69, 9.17) is 0 Å². The molecule has 0 aliphatic heterocycles. The molecule has 0 aromatic carbocycles. The maximum absolute atomic E-state index is 3.28. The van der Waals surface area contributed by atoms with E-state index >= 15 is 0 Å². The van der Waals surface area contributed by atoms with Crippen LogP contribution in [-0.2, 0) is 0 Å². The zero-order valence-corrected chi connectivity index (χ0v) is 11.8. The second kappa shape index (κ2) is 12.2. The molecule has 0 saturated carbocycles. The van der Waals surface area contributed by atoms with E-state index in [1.54, 1.807) is 0 Å². The molecule has 6 heteroatoms. The molecule has 0 unspecified atom stereocenters. The van der Waals surface area contributed by atoms with Crippen molar-refractivity contribution < 1.29 is 0 Å². The summed E-state index contributed by atoms with van der Waals surface area (Å²) >= 11 is 0. The average Bonchev–Trinajstić information content (AvgIpc) is 2.30. The molecule has 0 spiro atoms. The molecule has 0 aliphatic rings. The molecule has 0 aromatic rings. The Bertz CT molecular complexity index is 127. The van der Waals surface area contributed by atoms with Crippen LogP contribution in [0.3, 0.4) is 0 Å². The van der Waals surface area contributed by atoms with Crippen LogP contribution < -0.4 is 21.7 Å². The number of hydrogen-bond acceptors (Lipinski definition) is 6. The highest BCUT2D eigenvalue weighted by molar-refractivity contribution is 4.51. The molecule has 0 radical (unpaired) electrons. The predicted molar refractivity (Wildman–Crippen MR) is 72.7 cm³/mol. The van der Waals surface area contributed by atoms with Crippen LogP contribution in [0.2, 0.25) is 0 Å². The van der Waals surface area contributed by atoms with Crippen molar-refractivity contribution in [2.75, 3.05) is 39.3 Å². The first kappa shape index (κ1) is 16.8. The minimum Gasteiger partial charge on any atom is -0.242 e. The number of hydrazine groups is 4. The molecule has 0 bridgehead atoms. The van der Waals surface area contributed by atoms with Gasteiger partial charge in [-0.25, -0.2) is 21.7 Å². The van der Waals surface area contributed by atoms with Gasteiger partial charge in [0.25, 0.3) is 0 Å². The van der Waals surface area contributed by atoms with Gasteiger partial charge in [-0.2, -0.15) is 10.2 Å². The van der Waals surface area contributed by atoms with Gasteiger partial charge in [0.1, 0.15) is 0 Å². The van der Waals surface area contributed by atoms with Crippen molar-refractivity contribution in [1.82, 2.24) is 31.9 Å². The molecule has 4 N–H and O–H groups in total. The lowest BCUT2D eigenvalue weighted by Gasteiger charge is -2.26. The number of nitrogens with zero attached hydrogens (tertiary/aromatic N) is 2. The molecule has 0 amide bonds. The van der Waals surface area contributed by atoms with E-state index in [0.717, 1.165) is 45.7 Å². The summed E-state index contributed by atoms with van der Waals surface area (Å²) in [6.45, 7) is 14.1. The van der Waals surface area contributed by atoms with Gasteiger partial charge < -0.3 is 0 Å². The molecule has 0 atom stereocenters. The summed E-state index contributed by atoms with van der Waals surface area (Å²) in [5.74, 6) is 0. The average molecular weight is 246 g/mol. The van der Waals surface area contributed by atoms with Gasteiger partial charge in [0.2, 0.25) is 0 Å². The van der Waals surface area contributed by atoms with Gasteiger partial charge in [-0.3, -0.25) is 0 Å². The largest absolute Gasteiger partial charge is 0.242 e. The van der Waals surface area contributed by atoms with Crippen molar-refractivity contribution in [3.8, 4) is 0 Å². The zero-order valence-electron chi connectivity index (χ0n) is 11.8. The maximum Gasteiger partial charge on any atom is 0.0301 e. The Balaban J connectivity index is 3.73. The molecule has 0 heterocycles. The third kappa shape index (κ3) is 9.46. The van der Waals surface area contributed by atoms with E-state index < -0.39 is 0 Å². The van der Waals surface area contributed by atoms with Crippen molar-refractivity contribution in [3.05, 3.63) is 0 Å². The van der Waals surface area contributed by atoms with Crippen molar-refractivity contribution in [2.45, 2.75) is 34.1 Å². The van der Waals surface area contributed by atoms with Gasteiger partial charge in [0, 0.05) is 39.3 Å². The van der Waals surface area contributed by atoms with E-state index in [2.05, 4.69) is 59.6 Å². The number of hydrogen-bond donors (Lipinski definition) is 4. The molecule has 17 heavy (non-hydrogen) atoms. The Kier molecular flexibility index (Phi) is 12.1. The van der Waals surface area contributed by atoms with Gasteiger partial charge in [-0.05, 0) is 6.42 Å². The molecule has 104 valence electrons. The van der Waals surface area contributed by atoms with Crippen molar-refractivity contribution in [2.24, 2.45) is 0 Å². The van der Waals surface area contributed by atoms with E-state index in [9.17, 15) is 0 Å². The first-order chi connectivity index (χ1) is 8.28. The van der Waals surface area contributed by atoms with E-state index in [0.29, 0.717) is 0 Å². The third-order valence-electron chi connectivity index (χ3n) is 2.16. The minimum atomic E-state index is 0.942. The monoisotopic (exact) mass is 246 g/mol. The van der Waals surface area contributed by atoms with E-state index in [1.165, 1.54) is 0 Å². The highest BCUT2D eigenvalue weighted by atomic mass is 15.7. The Labute approximate surface area is 106 Å².